The average Bonchev–Trinajstić information content (AvgIpc) is 3.59. The van der Waals surface area contributed by atoms with E-state index in [0.717, 1.165) is 5.56 Å². The zero-order valence-electron chi connectivity index (χ0n) is 21.5. The lowest BCUT2D eigenvalue weighted by Gasteiger charge is -2.26. The van der Waals surface area contributed by atoms with Gasteiger partial charge in [0.2, 0.25) is 11.8 Å². The van der Waals surface area contributed by atoms with Crippen LogP contribution in [-0.4, -0.2) is 47.2 Å². The number of benzene rings is 2. The van der Waals surface area contributed by atoms with Crippen molar-refractivity contribution in [3.05, 3.63) is 65.7 Å². The number of rotatable bonds is 12. The van der Waals surface area contributed by atoms with Crippen LogP contribution in [0, 0.1) is 11.8 Å². The highest BCUT2D eigenvalue weighted by molar-refractivity contribution is 6.04. The van der Waals surface area contributed by atoms with Gasteiger partial charge in [-0.25, -0.2) is 9.59 Å². The second-order valence-electron chi connectivity index (χ2n) is 9.68. The van der Waals surface area contributed by atoms with Crippen molar-refractivity contribution in [3.63, 3.8) is 0 Å². The minimum absolute atomic E-state index is 0.0511. The maximum absolute atomic E-state index is 13.4. The van der Waals surface area contributed by atoms with E-state index in [9.17, 15) is 24.3 Å². The summed E-state index contributed by atoms with van der Waals surface area (Å²) in [5.74, 6) is -1.49. The molecule has 0 radical (unpaired) electrons. The fourth-order valence-corrected chi connectivity index (χ4v) is 4.20. The smallest absolute Gasteiger partial charge is 0.408 e. The molecule has 1 aliphatic carbocycles. The summed E-state index contributed by atoms with van der Waals surface area (Å²) >= 11 is 0. The standard InChI is InChI=1S/C27H35N5O6/c1-17(2)22(31-26(37)38-16-19-6-4-3-5-7-19)23(34)32-27(14-20(27)12-13-29-25(28)36)24(35)30-21-10-8-18(15-33)9-11-21/h3-11,17,20,22,33H,12-16H2,1-2H3,(H,30,35)(H,31,37)(H,32,34)(H3,28,29,36)/t20-,22?,27?/m1/s1. The number of anilines is 1. The summed E-state index contributed by atoms with van der Waals surface area (Å²) in [7, 11) is 0. The number of amides is 5. The Kier molecular flexibility index (Phi) is 9.66. The van der Waals surface area contributed by atoms with Crippen molar-refractivity contribution in [1.82, 2.24) is 16.0 Å². The maximum Gasteiger partial charge on any atom is 0.408 e. The Balaban J connectivity index is 1.68. The topological polar surface area (TPSA) is 172 Å². The average molecular weight is 526 g/mol. The van der Waals surface area contributed by atoms with Crippen molar-refractivity contribution < 1.29 is 29.0 Å². The van der Waals surface area contributed by atoms with E-state index in [0.29, 0.717) is 24.1 Å². The molecule has 0 saturated heterocycles. The number of aliphatic hydroxyl groups is 1. The predicted molar refractivity (Wildman–Crippen MR) is 141 cm³/mol. The lowest BCUT2D eigenvalue weighted by molar-refractivity contribution is -0.129. The van der Waals surface area contributed by atoms with Crippen LogP contribution in [-0.2, 0) is 27.5 Å². The number of hydrogen-bond donors (Lipinski definition) is 6. The Morgan fingerprint density at radius 2 is 1.74 bits per heavy atom. The fourth-order valence-electron chi connectivity index (χ4n) is 4.20. The van der Waals surface area contributed by atoms with Gasteiger partial charge in [0.05, 0.1) is 6.61 Å². The molecule has 0 aliphatic heterocycles. The molecule has 1 aliphatic rings. The van der Waals surface area contributed by atoms with Gasteiger partial charge in [-0.05, 0) is 47.9 Å². The minimum Gasteiger partial charge on any atom is -0.445 e. The molecule has 11 heteroatoms. The SMILES string of the molecule is CC(C)C(NC(=O)OCc1ccccc1)C(=O)NC1(C(=O)Nc2ccc(CO)cc2)C[C@H]1CCNC(N)=O. The van der Waals surface area contributed by atoms with E-state index in [4.69, 9.17) is 10.5 Å². The van der Waals surface area contributed by atoms with Gasteiger partial charge in [0.25, 0.3) is 0 Å². The van der Waals surface area contributed by atoms with Gasteiger partial charge in [0.1, 0.15) is 18.2 Å². The Bertz CT molecular complexity index is 1120. The quantitative estimate of drug-likeness (QED) is 0.247. The van der Waals surface area contributed by atoms with E-state index in [-0.39, 0.29) is 31.6 Å². The molecule has 1 saturated carbocycles. The first kappa shape index (κ1) is 28.5. The van der Waals surface area contributed by atoms with Crippen molar-refractivity contribution >= 4 is 29.6 Å². The van der Waals surface area contributed by atoms with E-state index in [1.807, 2.05) is 30.3 Å². The monoisotopic (exact) mass is 525 g/mol. The van der Waals surface area contributed by atoms with Gasteiger partial charge < -0.3 is 36.8 Å². The number of alkyl carbamates (subject to hydrolysis) is 1. The predicted octanol–water partition coefficient (Wildman–Crippen LogP) is 2.00. The molecule has 0 bridgehead atoms. The van der Waals surface area contributed by atoms with Crippen molar-refractivity contribution in [3.8, 4) is 0 Å². The summed E-state index contributed by atoms with van der Waals surface area (Å²) in [6.45, 7) is 3.72. The number of aliphatic hydroxyl groups excluding tert-OH is 1. The molecule has 204 valence electrons. The van der Waals surface area contributed by atoms with Crippen LogP contribution < -0.4 is 27.0 Å². The number of carbonyl (C=O) groups is 4. The van der Waals surface area contributed by atoms with Crippen LogP contribution in [0.1, 0.15) is 37.8 Å². The highest BCUT2D eigenvalue weighted by Crippen LogP contribution is 2.46. The van der Waals surface area contributed by atoms with E-state index < -0.39 is 35.5 Å². The number of nitrogens with two attached hydrogens (primary N) is 1. The lowest BCUT2D eigenvalue weighted by atomic mass is 10.0. The lowest BCUT2D eigenvalue weighted by Crippen LogP contribution is -2.56. The van der Waals surface area contributed by atoms with Gasteiger partial charge in [-0.1, -0.05) is 56.3 Å². The number of primary amides is 1. The Labute approximate surface area is 221 Å². The summed E-state index contributed by atoms with van der Waals surface area (Å²) in [6, 6.07) is 14.2. The Morgan fingerprint density at radius 3 is 2.34 bits per heavy atom. The third-order valence-electron chi connectivity index (χ3n) is 6.48. The molecule has 0 spiro atoms. The normalized spacial score (nSPS) is 18.7. The first-order chi connectivity index (χ1) is 18.1. The van der Waals surface area contributed by atoms with E-state index in [1.165, 1.54) is 0 Å². The highest BCUT2D eigenvalue weighted by atomic mass is 16.5. The zero-order valence-corrected chi connectivity index (χ0v) is 21.5. The van der Waals surface area contributed by atoms with Gasteiger partial charge in [0, 0.05) is 12.2 Å². The summed E-state index contributed by atoms with van der Waals surface area (Å²) in [4.78, 5) is 50.2. The summed E-state index contributed by atoms with van der Waals surface area (Å²) < 4.78 is 5.27. The van der Waals surface area contributed by atoms with Crippen LogP contribution in [0.5, 0.6) is 0 Å². The van der Waals surface area contributed by atoms with Crippen molar-refractivity contribution in [2.45, 2.75) is 51.5 Å². The second kappa shape index (κ2) is 12.9. The summed E-state index contributed by atoms with van der Waals surface area (Å²) in [5, 5.41) is 20.0. The molecule has 1 fully saturated rings. The van der Waals surface area contributed by atoms with E-state index in [1.54, 1.807) is 38.1 Å². The molecule has 5 amide bonds. The van der Waals surface area contributed by atoms with Crippen LogP contribution in [0.4, 0.5) is 15.3 Å². The van der Waals surface area contributed by atoms with Gasteiger partial charge in [0.15, 0.2) is 0 Å². The molecule has 2 unspecified atom stereocenters. The number of ether oxygens (including phenoxy) is 1. The molecule has 0 aromatic heterocycles. The number of carbonyl (C=O) groups excluding carboxylic acids is 4. The van der Waals surface area contributed by atoms with E-state index >= 15 is 0 Å². The first-order valence-corrected chi connectivity index (χ1v) is 12.5. The van der Waals surface area contributed by atoms with Crippen LogP contribution in [0.25, 0.3) is 0 Å². The van der Waals surface area contributed by atoms with Crippen LogP contribution in [0.3, 0.4) is 0 Å². The molecule has 3 rings (SSSR count). The van der Waals surface area contributed by atoms with Crippen molar-refractivity contribution in [2.24, 2.45) is 17.6 Å². The number of hydrogen-bond acceptors (Lipinski definition) is 6. The second-order valence-corrected chi connectivity index (χ2v) is 9.68. The molecule has 3 atom stereocenters. The molecule has 11 nitrogen and oxygen atoms in total. The fraction of sp³-hybridized carbons (Fsp3) is 0.407. The molecular weight excluding hydrogens is 490 g/mol. The molecule has 38 heavy (non-hydrogen) atoms. The van der Waals surface area contributed by atoms with Crippen molar-refractivity contribution in [1.29, 1.82) is 0 Å². The van der Waals surface area contributed by atoms with Crippen LogP contribution >= 0.6 is 0 Å². The van der Waals surface area contributed by atoms with E-state index in [2.05, 4.69) is 21.3 Å². The first-order valence-electron chi connectivity index (χ1n) is 12.5. The molecule has 7 N–H and O–H groups in total. The van der Waals surface area contributed by atoms with Gasteiger partial charge >= 0.3 is 12.1 Å². The highest BCUT2D eigenvalue weighted by Gasteiger charge is 2.61. The number of nitrogens with one attached hydrogen (secondary N) is 4. The van der Waals surface area contributed by atoms with Crippen LogP contribution in [0.15, 0.2) is 54.6 Å². The summed E-state index contributed by atoms with van der Waals surface area (Å²) in [6.07, 6.45) is 0.0188. The third kappa shape index (κ3) is 7.69. The van der Waals surface area contributed by atoms with Crippen LogP contribution in [0.2, 0.25) is 0 Å². The molecule has 0 heterocycles. The van der Waals surface area contributed by atoms with Crippen molar-refractivity contribution in [2.75, 3.05) is 11.9 Å². The Morgan fingerprint density at radius 1 is 1.05 bits per heavy atom. The largest absolute Gasteiger partial charge is 0.445 e. The minimum atomic E-state index is -1.23. The van der Waals surface area contributed by atoms with Gasteiger partial charge in [-0.2, -0.15) is 0 Å². The maximum atomic E-state index is 13.4. The third-order valence-corrected chi connectivity index (χ3v) is 6.48. The molecule has 2 aromatic rings. The van der Waals surface area contributed by atoms with Gasteiger partial charge in [-0.3, -0.25) is 9.59 Å². The zero-order chi connectivity index (χ0) is 27.7. The Hall–Kier alpha value is -4.12. The van der Waals surface area contributed by atoms with Gasteiger partial charge in [-0.15, -0.1) is 0 Å². The number of urea groups is 1. The molecule has 2 aromatic carbocycles. The summed E-state index contributed by atoms with van der Waals surface area (Å²) in [5.41, 5.74) is 5.92. The molecular formula is C27H35N5O6.